The summed E-state index contributed by atoms with van der Waals surface area (Å²) < 4.78 is 5.28. The summed E-state index contributed by atoms with van der Waals surface area (Å²) in [7, 11) is 0. The molecule has 0 aromatic carbocycles. The third-order valence-electron chi connectivity index (χ3n) is 3.74. The van der Waals surface area contributed by atoms with Gasteiger partial charge in [-0.15, -0.1) is 0 Å². The molecule has 88 valence electrons. The Bertz CT molecular complexity index is 246. The Labute approximate surface area is 91.8 Å². The van der Waals surface area contributed by atoms with Crippen molar-refractivity contribution in [3.05, 3.63) is 0 Å². The summed E-state index contributed by atoms with van der Waals surface area (Å²) in [5.74, 6) is -0.861. The third-order valence-corrected chi connectivity index (χ3v) is 3.74. The van der Waals surface area contributed by atoms with E-state index in [0.717, 1.165) is 0 Å². The van der Waals surface area contributed by atoms with Gasteiger partial charge in [0.25, 0.3) is 0 Å². The average Bonchev–Trinajstić information content (AvgIpc) is 1.91. The molecular formula is C12H22O3. The van der Waals surface area contributed by atoms with Crippen molar-refractivity contribution in [3.8, 4) is 0 Å². The highest BCUT2D eigenvalue weighted by molar-refractivity contribution is 5.72. The number of hydrogen-bond donors (Lipinski definition) is 1. The summed E-state index contributed by atoms with van der Waals surface area (Å²) in [5.41, 5.74) is -0.231. The van der Waals surface area contributed by atoms with Gasteiger partial charge < -0.3 is 9.84 Å². The molecule has 0 aliphatic carbocycles. The Morgan fingerprint density at radius 2 is 1.80 bits per heavy atom. The van der Waals surface area contributed by atoms with Crippen LogP contribution >= 0.6 is 0 Å². The molecule has 0 saturated carbocycles. The molecule has 1 aliphatic heterocycles. The zero-order valence-corrected chi connectivity index (χ0v) is 10.3. The quantitative estimate of drug-likeness (QED) is 0.784. The van der Waals surface area contributed by atoms with Gasteiger partial charge in [-0.1, -0.05) is 34.6 Å². The fourth-order valence-corrected chi connectivity index (χ4v) is 2.56. The van der Waals surface area contributed by atoms with Crippen LogP contribution in [0.4, 0.5) is 0 Å². The van der Waals surface area contributed by atoms with Crippen LogP contribution in [0.3, 0.4) is 0 Å². The van der Waals surface area contributed by atoms with Gasteiger partial charge in [0.05, 0.1) is 19.1 Å². The van der Waals surface area contributed by atoms with Gasteiger partial charge in [-0.2, -0.15) is 0 Å². The van der Waals surface area contributed by atoms with Crippen molar-refractivity contribution in [2.75, 3.05) is 13.2 Å². The SMILES string of the molecule is CC(C)C(C(=O)O)C1(C(C)(C)C)COC1. The molecular weight excluding hydrogens is 192 g/mol. The molecule has 1 N–H and O–H groups in total. The van der Waals surface area contributed by atoms with Gasteiger partial charge in [-0.25, -0.2) is 0 Å². The lowest BCUT2D eigenvalue weighted by molar-refractivity contribution is -0.218. The number of carboxylic acids is 1. The van der Waals surface area contributed by atoms with Gasteiger partial charge in [0.15, 0.2) is 0 Å². The maximum Gasteiger partial charge on any atom is 0.307 e. The van der Waals surface area contributed by atoms with E-state index in [-0.39, 0.29) is 22.7 Å². The Hall–Kier alpha value is -0.570. The molecule has 0 aromatic rings. The summed E-state index contributed by atoms with van der Waals surface area (Å²) in [6.45, 7) is 11.4. The smallest absolute Gasteiger partial charge is 0.307 e. The number of carboxylic acid groups (broad SMARTS) is 1. The highest BCUT2D eigenvalue weighted by Crippen LogP contribution is 2.52. The lowest BCUT2D eigenvalue weighted by Crippen LogP contribution is -2.59. The molecule has 1 aliphatic rings. The Balaban J connectivity index is 3.03. The first kappa shape index (κ1) is 12.5. The highest BCUT2D eigenvalue weighted by Gasteiger charge is 2.57. The van der Waals surface area contributed by atoms with Crippen LogP contribution in [0.5, 0.6) is 0 Å². The molecule has 0 spiro atoms. The summed E-state index contributed by atoms with van der Waals surface area (Å²) in [4.78, 5) is 11.4. The molecule has 1 atom stereocenters. The maximum atomic E-state index is 11.4. The molecule has 1 saturated heterocycles. The molecule has 0 amide bonds. The minimum atomic E-state index is -0.691. The first-order valence-electron chi connectivity index (χ1n) is 5.53. The van der Waals surface area contributed by atoms with E-state index < -0.39 is 5.97 Å². The first-order valence-corrected chi connectivity index (χ1v) is 5.53. The number of aliphatic carboxylic acids is 1. The monoisotopic (exact) mass is 214 g/mol. The minimum absolute atomic E-state index is 0.0292. The van der Waals surface area contributed by atoms with Crippen LogP contribution < -0.4 is 0 Å². The van der Waals surface area contributed by atoms with E-state index >= 15 is 0 Å². The molecule has 1 fully saturated rings. The number of ether oxygens (including phenoxy) is 1. The molecule has 0 bridgehead atoms. The van der Waals surface area contributed by atoms with Gasteiger partial charge in [0.1, 0.15) is 0 Å². The van der Waals surface area contributed by atoms with E-state index in [0.29, 0.717) is 13.2 Å². The summed E-state index contributed by atoms with van der Waals surface area (Å²) in [6.07, 6.45) is 0. The summed E-state index contributed by atoms with van der Waals surface area (Å²) in [6, 6.07) is 0. The van der Waals surface area contributed by atoms with Gasteiger partial charge >= 0.3 is 5.97 Å². The maximum absolute atomic E-state index is 11.4. The second-order valence-electron chi connectivity index (χ2n) is 5.96. The lowest BCUT2D eigenvalue weighted by Gasteiger charge is -2.55. The average molecular weight is 214 g/mol. The standard InChI is InChI=1S/C12H22O3/c1-8(2)9(10(13)14)12(6-15-7-12)11(3,4)5/h8-9H,6-7H2,1-5H3,(H,13,14). The first-order chi connectivity index (χ1) is 6.72. The fraction of sp³-hybridized carbons (Fsp3) is 0.917. The fourth-order valence-electron chi connectivity index (χ4n) is 2.56. The zero-order chi connectivity index (χ0) is 11.9. The van der Waals surface area contributed by atoms with Crippen molar-refractivity contribution in [3.63, 3.8) is 0 Å². The van der Waals surface area contributed by atoms with E-state index in [2.05, 4.69) is 20.8 Å². The van der Waals surface area contributed by atoms with Gasteiger partial charge in [-0.05, 0) is 11.3 Å². The topological polar surface area (TPSA) is 46.5 Å². The third kappa shape index (κ3) is 1.89. The van der Waals surface area contributed by atoms with E-state index in [1.807, 2.05) is 13.8 Å². The summed E-state index contributed by atoms with van der Waals surface area (Å²) in [5, 5.41) is 9.35. The van der Waals surface area contributed by atoms with Crippen LogP contribution in [0.25, 0.3) is 0 Å². The highest BCUT2D eigenvalue weighted by atomic mass is 16.5. The van der Waals surface area contributed by atoms with Crippen LogP contribution in [0.2, 0.25) is 0 Å². The second kappa shape index (κ2) is 3.78. The van der Waals surface area contributed by atoms with Crippen LogP contribution in [0.15, 0.2) is 0 Å². The van der Waals surface area contributed by atoms with Crippen molar-refractivity contribution in [2.24, 2.45) is 22.7 Å². The zero-order valence-electron chi connectivity index (χ0n) is 10.3. The molecule has 3 nitrogen and oxygen atoms in total. The van der Waals surface area contributed by atoms with Crippen molar-refractivity contribution in [1.82, 2.24) is 0 Å². The van der Waals surface area contributed by atoms with E-state index in [4.69, 9.17) is 4.74 Å². The number of rotatable bonds is 3. The Morgan fingerprint density at radius 1 is 1.33 bits per heavy atom. The van der Waals surface area contributed by atoms with Gasteiger partial charge in [-0.3, -0.25) is 4.79 Å². The Kier molecular flexibility index (Phi) is 3.15. The molecule has 0 aromatic heterocycles. The predicted molar refractivity (Wildman–Crippen MR) is 58.7 cm³/mol. The van der Waals surface area contributed by atoms with Crippen molar-refractivity contribution >= 4 is 5.97 Å². The van der Waals surface area contributed by atoms with E-state index in [1.54, 1.807) is 0 Å². The van der Waals surface area contributed by atoms with Crippen molar-refractivity contribution < 1.29 is 14.6 Å². The number of hydrogen-bond acceptors (Lipinski definition) is 2. The van der Waals surface area contributed by atoms with Crippen LogP contribution in [0.1, 0.15) is 34.6 Å². The van der Waals surface area contributed by atoms with Crippen molar-refractivity contribution in [2.45, 2.75) is 34.6 Å². The van der Waals surface area contributed by atoms with Crippen LogP contribution in [-0.4, -0.2) is 24.3 Å². The molecule has 0 radical (unpaired) electrons. The molecule has 1 unspecified atom stereocenters. The largest absolute Gasteiger partial charge is 0.481 e. The normalized spacial score (nSPS) is 22.3. The molecule has 1 heterocycles. The van der Waals surface area contributed by atoms with Crippen LogP contribution in [-0.2, 0) is 9.53 Å². The Morgan fingerprint density at radius 3 is 1.87 bits per heavy atom. The van der Waals surface area contributed by atoms with E-state index in [1.165, 1.54) is 0 Å². The summed E-state index contributed by atoms with van der Waals surface area (Å²) >= 11 is 0. The predicted octanol–water partition coefficient (Wildman–Crippen LogP) is 2.41. The molecule has 1 rings (SSSR count). The second-order valence-corrected chi connectivity index (χ2v) is 5.96. The van der Waals surface area contributed by atoms with Gasteiger partial charge in [0, 0.05) is 5.41 Å². The van der Waals surface area contributed by atoms with Crippen molar-refractivity contribution in [1.29, 1.82) is 0 Å². The minimum Gasteiger partial charge on any atom is -0.481 e. The van der Waals surface area contributed by atoms with Gasteiger partial charge in [0.2, 0.25) is 0 Å². The molecule has 15 heavy (non-hydrogen) atoms. The number of carbonyl (C=O) groups is 1. The molecule has 3 heteroatoms. The van der Waals surface area contributed by atoms with E-state index in [9.17, 15) is 9.90 Å². The van der Waals surface area contributed by atoms with Crippen LogP contribution in [0, 0.1) is 22.7 Å². The lowest BCUT2D eigenvalue weighted by atomic mass is 9.56.